The van der Waals surface area contributed by atoms with Crippen LogP contribution in [0.2, 0.25) is 0 Å². The summed E-state index contributed by atoms with van der Waals surface area (Å²) in [6.07, 6.45) is 1.08. The third-order valence-electron chi connectivity index (χ3n) is 6.35. The van der Waals surface area contributed by atoms with E-state index >= 15 is 0 Å². The molecule has 0 spiro atoms. The molecule has 4 rings (SSSR count). The second kappa shape index (κ2) is 11.1. The summed E-state index contributed by atoms with van der Waals surface area (Å²) in [5.41, 5.74) is 6.36. The van der Waals surface area contributed by atoms with Crippen LogP contribution in [-0.2, 0) is 43.3 Å². The number of nitrogens with zero attached hydrogens (tertiary/aromatic N) is 1. The summed E-state index contributed by atoms with van der Waals surface area (Å²) in [5, 5.41) is 8.80. The van der Waals surface area contributed by atoms with Gasteiger partial charge in [-0.15, -0.1) is 0 Å². The van der Waals surface area contributed by atoms with Crippen molar-refractivity contribution in [2.75, 3.05) is 13.2 Å². The molecule has 0 fully saturated rings. The van der Waals surface area contributed by atoms with Gasteiger partial charge in [0.2, 0.25) is 5.91 Å². The van der Waals surface area contributed by atoms with Crippen LogP contribution in [0.4, 0.5) is 0 Å². The molecule has 0 saturated heterocycles. The van der Waals surface area contributed by atoms with Gasteiger partial charge in [0, 0.05) is 19.5 Å². The molecule has 7 nitrogen and oxygen atoms in total. The highest BCUT2D eigenvalue weighted by Gasteiger charge is 2.21. The highest BCUT2D eigenvalue weighted by atomic mass is 32.2. The highest BCUT2D eigenvalue weighted by Crippen LogP contribution is 2.27. The van der Waals surface area contributed by atoms with Crippen LogP contribution in [0, 0.1) is 6.92 Å². The predicted octanol–water partition coefficient (Wildman–Crippen LogP) is 4.36. The summed E-state index contributed by atoms with van der Waals surface area (Å²) in [6.45, 7) is 3.04. The van der Waals surface area contributed by atoms with E-state index in [0.717, 1.165) is 34.2 Å². The Balaban J connectivity index is 1.34. The molecule has 1 heterocycles. The lowest BCUT2D eigenvalue weighted by Crippen LogP contribution is -2.36. The van der Waals surface area contributed by atoms with Crippen LogP contribution < -0.4 is 0 Å². The summed E-state index contributed by atoms with van der Waals surface area (Å²) in [7, 11) is -3.77. The average Bonchev–Trinajstić information content (AvgIpc) is 2.87. The van der Waals surface area contributed by atoms with Crippen molar-refractivity contribution in [1.29, 1.82) is 0 Å². The number of benzene rings is 3. The minimum absolute atomic E-state index is 0.0258. The van der Waals surface area contributed by atoms with E-state index in [-0.39, 0.29) is 30.3 Å². The van der Waals surface area contributed by atoms with Crippen molar-refractivity contribution in [3.05, 3.63) is 89.0 Å². The molecule has 0 unspecified atom stereocenters. The van der Waals surface area contributed by atoms with Gasteiger partial charge in [0.15, 0.2) is 0 Å². The van der Waals surface area contributed by atoms with E-state index in [2.05, 4.69) is 6.07 Å². The summed E-state index contributed by atoms with van der Waals surface area (Å²) in [5.74, 6) is -1.09. The zero-order valence-electron chi connectivity index (χ0n) is 20.1. The third kappa shape index (κ3) is 6.38. The van der Waals surface area contributed by atoms with Crippen molar-refractivity contribution in [2.45, 2.75) is 44.0 Å². The molecular weight excluding hydrogens is 478 g/mol. The molecule has 0 aromatic heterocycles. The molecule has 8 heteroatoms. The Labute approximate surface area is 211 Å². The highest BCUT2D eigenvalue weighted by molar-refractivity contribution is 7.86. The van der Waals surface area contributed by atoms with Crippen molar-refractivity contribution < 1.29 is 27.3 Å². The van der Waals surface area contributed by atoms with E-state index < -0.39 is 16.1 Å². The molecule has 36 heavy (non-hydrogen) atoms. The third-order valence-corrected chi connectivity index (χ3v) is 7.68. The van der Waals surface area contributed by atoms with Crippen LogP contribution >= 0.6 is 0 Å². The van der Waals surface area contributed by atoms with E-state index in [4.69, 9.17) is 9.29 Å². The van der Waals surface area contributed by atoms with Gasteiger partial charge < -0.3 is 10.0 Å². The van der Waals surface area contributed by atoms with Gasteiger partial charge in [-0.05, 0) is 59.7 Å². The van der Waals surface area contributed by atoms with Crippen LogP contribution in [0.25, 0.3) is 11.1 Å². The monoisotopic (exact) mass is 507 g/mol. The molecule has 1 N–H and O–H groups in total. The standard InChI is InChI=1S/C28H29NO6S/c1-20-2-10-26(11-3-20)36(33,34)35-17-15-21-4-6-22(7-5-21)23-8-9-25-19-29(16-14-24(25)18-23)27(30)12-13-28(31)32/h2-11,18H,12-17,19H2,1H3,(H,31,32). The lowest BCUT2D eigenvalue weighted by molar-refractivity contribution is -0.141. The molecule has 1 amide bonds. The van der Waals surface area contributed by atoms with Gasteiger partial charge in [-0.1, -0.05) is 60.2 Å². The normalized spacial score (nSPS) is 13.3. The Morgan fingerprint density at radius 1 is 0.917 bits per heavy atom. The number of carboxylic acids is 1. The summed E-state index contributed by atoms with van der Waals surface area (Å²) >= 11 is 0. The molecule has 0 saturated carbocycles. The van der Waals surface area contributed by atoms with Gasteiger partial charge in [0.1, 0.15) is 0 Å². The molecule has 0 atom stereocenters. The Kier molecular flexibility index (Phi) is 7.86. The first-order chi connectivity index (χ1) is 17.2. The Morgan fingerprint density at radius 2 is 1.61 bits per heavy atom. The second-order valence-electron chi connectivity index (χ2n) is 8.98. The number of amides is 1. The van der Waals surface area contributed by atoms with E-state index in [1.807, 2.05) is 43.3 Å². The number of aryl methyl sites for hydroxylation is 1. The lowest BCUT2D eigenvalue weighted by Gasteiger charge is -2.29. The van der Waals surface area contributed by atoms with Gasteiger partial charge in [-0.25, -0.2) is 0 Å². The number of fused-ring (bicyclic) bond motifs is 1. The molecule has 3 aromatic rings. The van der Waals surface area contributed by atoms with Crippen molar-refractivity contribution >= 4 is 22.0 Å². The fraction of sp³-hybridized carbons (Fsp3) is 0.286. The Bertz CT molecular complexity index is 1350. The van der Waals surface area contributed by atoms with Gasteiger partial charge in [-0.3, -0.25) is 13.8 Å². The Morgan fingerprint density at radius 3 is 2.31 bits per heavy atom. The molecule has 1 aliphatic heterocycles. The van der Waals surface area contributed by atoms with E-state index in [1.54, 1.807) is 29.2 Å². The van der Waals surface area contributed by atoms with Gasteiger partial charge >= 0.3 is 5.97 Å². The molecule has 188 valence electrons. The van der Waals surface area contributed by atoms with Crippen LogP contribution in [0.3, 0.4) is 0 Å². The van der Waals surface area contributed by atoms with Crippen LogP contribution in [0.15, 0.2) is 71.6 Å². The molecule has 1 aliphatic rings. The first-order valence-electron chi connectivity index (χ1n) is 11.9. The van der Waals surface area contributed by atoms with E-state index in [0.29, 0.717) is 19.5 Å². The smallest absolute Gasteiger partial charge is 0.303 e. The quantitative estimate of drug-likeness (QED) is 0.432. The first-order valence-corrected chi connectivity index (χ1v) is 13.3. The van der Waals surface area contributed by atoms with Crippen molar-refractivity contribution in [3.63, 3.8) is 0 Å². The summed E-state index contributed by atoms with van der Waals surface area (Å²) in [6, 6.07) is 20.7. The molecule has 0 bridgehead atoms. The zero-order chi connectivity index (χ0) is 25.7. The molecule has 0 aliphatic carbocycles. The maximum absolute atomic E-state index is 12.3. The average molecular weight is 508 g/mol. The van der Waals surface area contributed by atoms with Crippen LogP contribution in [-0.4, -0.2) is 43.5 Å². The fourth-order valence-corrected chi connectivity index (χ4v) is 5.13. The first kappa shape index (κ1) is 25.6. The Hall–Kier alpha value is -3.49. The summed E-state index contributed by atoms with van der Waals surface area (Å²) in [4.78, 5) is 24.9. The van der Waals surface area contributed by atoms with Gasteiger partial charge in [0.05, 0.1) is 17.9 Å². The number of carboxylic acid groups (broad SMARTS) is 1. The number of aliphatic carboxylic acids is 1. The van der Waals surface area contributed by atoms with Crippen LogP contribution in [0.1, 0.15) is 35.1 Å². The minimum Gasteiger partial charge on any atom is -0.481 e. The second-order valence-corrected chi connectivity index (χ2v) is 10.6. The van der Waals surface area contributed by atoms with Crippen molar-refractivity contribution in [2.24, 2.45) is 0 Å². The zero-order valence-corrected chi connectivity index (χ0v) is 21.0. The van der Waals surface area contributed by atoms with Gasteiger partial charge in [-0.2, -0.15) is 8.42 Å². The number of carbonyl (C=O) groups is 2. The lowest BCUT2D eigenvalue weighted by atomic mass is 9.94. The maximum Gasteiger partial charge on any atom is 0.303 e. The number of carbonyl (C=O) groups excluding carboxylic acids is 1. The number of hydrogen-bond donors (Lipinski definition) is 1. The van der Waals surface area contributed by atoms with Crippen LogP contribution in [0.5, 0.6) is 0 Å². The fourth-order valence-electron chi connectivity index (χ4n) is 4.22. The molecular formula is C28H29NO6S. The van der Waals surface area contributed by atoms with Crippen molar-refractivity contribution in [1.82, 2.24) is 4.90 Å². The largest absolute Gasteiger partial charge is 0.481 e. The SMILES string of the molecule is Cc1ccc(S(=O)(=O)OCCc2ccc(-c3ccc4c(c3)CCN(C(=O)CCC(=O)O)C4)cc2)cc1. The molecule has 0 radical (unpaired) electrons. The minimum atomic E-state index is -3.77. The topological polar surface area (TPSA) is 101 Å². The number of rotatable bonds is 9. The summed E-state index contributed by atoms with van der Waals surface area (Å²) < 4.78 is 29.9. The maximum atomic E-state index is 12.3. The van der Waals surface area contributed by atoms with E-state index in [1.165, 1.54) is 5.56 Å². The molecule has 3 aromatic carbocycles. The number of hydrogen-bond acceptors (Lipinski definition) is 5. The van der Waals surface area contributed by atoms with E-state index in [9.17, 15) is 18.0 Å². The predicted molar refractivity (Wildman–Crippen MR) is 136 cm³/mol. The van der Waals surface area contributed by atoms with Gasteiger partial charge in [0.25, 0.3) is 10.1 Å². The van der Waals surface area contributed by atoms with Crippen molar-refractivity contribution in [3.8, 4) is 11.1 Å².